The van der Waals surface area contributed by atoms with E-state index in [-0.39, 0.29) is 21.3 Å². The van der Waals surface area contributed by atoms with Gasteiger partial charge in [-0.15, -0.1) is 11.3 Å². The number of hydrogen-bond donors (Lipinski definition) is 1. The van der Waals surface area contributed by atoms with Gasteiger partial charge in [-0.3, -0.25) is 4.79 Å². The van der Waals surface area contributed by atoms with Crippen molar-refractivity contribution in [3.8, 4) is 0 Å². The fourth-order valence-corrected chi connectivity index (χ4v) is 4.83. The molecule has 2 aromatic heterocycles. The van der Waals surface area contributed by atoms with Gasteiger partial charge in [-0.2, -0.15) is 0 Å². The van der Waals surface area contributed by atoms with Gasteiger partial charge in [0.1, 0.15) is 15.6 Å². The van der Waals surface area contributed by atoms with Crippen molar-refractivity contribution in [3.05, 3.63) is 51.5 Å². The van der Waals surface area contributed by atoms with E-state index >= 15 is 0 Å². The van der Waals surface area contributed by atoms with E-state index in [4.69, 9.17) is 9.47 Å². The average Bonchev–Trinajstić information content (AvgIpc) is 3.25. The highest BCUT2D eigenvalue weighted by Gasteiger charge is 2.28. The lowest BCUT2D eigenvalue weighted by Gasteiger charge is -2.12. The Labute approximate surface area is 185 Å². The summed E-state index contributed by atoms with van der Waals surface area (Å²) in [6.45, 7) is 6.35. The molecule has 0 saturated carbocycles. The maximum Gasteiger partial charge on any atom is 0.348 e. The lowest BCUT2D eigenvalue weighted by Crippen LogP contribution is -2.19. The third kappa shape index (κ3) is 4.07. The molecule has 2 heterocycles. The lowest BCUT2D eigenvalue weighted by molar-refractivity contribution is 0.0601. The lowest BCUT2D eigenvalue weighted by atomic mass is 10.1. The summed E-state index contributed by atoms with van der Waals surface area (Å²) < 4.78 is 11.7. The number of anilines is 1. The number of aryl methyl sites for hydroxylation is 2. The molecule has 7 nitrogen and oxygen atoms in total. The molecule has 0 spiro atoms. The van der Waals surface area contributed by atoms with E-state index in [9.17, 15) is 14.4 Å². The number of rotatable bonds is 7. The summed E-state index contributed by atoms with van der Waals surface area (Å²) in [5, 5.41) is 4.13. The Hall–Kier alpha value is -3.13. The number of esters is 2. The van der Waals surface area contributed by atoms with Crippen molar-refractivity contribution in [2.45, 2.75) is 40.2 Å². The Morgan fingerprint density at radius 1 is 1.03 bits per heavy atom. The highest BCUT2D eigenvalue weighted by Crippen LogP contribution is 2.35. The molecule has 8 heteroatoms. The molecule has 0 atom stereocenters. The molecule has 0 saturated heterocycles. The number of para-hydroxylation sites is 1. The van der Waals surface area contributed by atoms with Crippen LogP contribution >= 0.6 is 11.3 Å². The van der Waals surface area contributed by atoms with Crippen LogP contribution in [-0.4, -0.2) is 36.6 Å². The summed E-state index contributed by atoms with van der Waals surface area (Å²) in [5.41, 5.74) is 2.98. The van der Waals surface area contributed by atoms with Crippen molar-refractivity contribution in [1.82, 2.24) is 4.57 Å². The Bertz CT molecular complexity index is 1160. The van der Waals surface area contributed by atoms with Gasteiger partial charge in [0, 0.05) is 17.4 Å². The fraction of sp³-hybridized carbons (Fsp3) is 0.348. The number of nitrogens with one attached hydrogen (secondary N) is 1. The Balaban J connectivity index is 2.10. The van der Waals surface area contributed by atoms with E-state index in [1.165, 1.54) is 14.2 Å². The molecule has 0 unspecified atom stereocenters. The summed E-state index contributed by atoms with van der Waals surface area (Å²) in [4.78, 5) is 38.2. The molecule has 1 aromatic carbocycles. The maximum absolute atomic E-state index is 13.4. The number of methoxy groups -OCH3 is 2. The minimum Gasteiger partial charge on any atom is -0.465 e. The maximum atomic E-state index is 13.4. The number of benzene rings is 1. The average molecular weight is 443 g/mol. The number of aromatic nitrogens is 1. The largest absolute Gasteiger partial charge is 0.465 e. The van der Waals surface area contributed by atoms with Crippen molar-refractivity contribution in [1.29, 1.82) is 0 Å². The molecule has 31 heavy (non-hydrogen) atoms. The van der Waals surface area contributed by atoms with Crippen molar-refractivity contribution in [3.63, 3.8) is 0 Å². The molecular weight excluding hydrogens is 416 g/mol. The van der Waals surface area contributed by atoms with Crippen molar-refractivity contribution in [2.75, 3.05) is 19.5 Å². The van der Waals surface area contributed by atoms with Gasteiger partial charge in [0.25, 0.3) is 5.91 Å². The number of unbranched alkanes of at least 4 members (excludes halogenated alkanes) is 1. The molecule has 0 bridgehead atoms. The number of fused-ring (bicyclic) bond motifs is 1. The first-order valence-corrected chi connectivity index (χ1v) is 10.9. The van der Waals surface area contributed by atoms with Crippen LogP contribution in [0.15, 0.2) is 24.3 Å². The third-order valence-electron chi connectivity index (χ3n) is 5.31. The molecule has 0 aliphatic rings. The van der Waals surface area contributed by atoms with E-state index in [0.29, 0.717) is 17.8 Å². The molecule has 1 amide bonds. The number of ether oxygens (including phenoxy) is 2. The van der Waals surface area contributed by atoms with Crippen LogP contribution in [0.4, 0.5) is 5.00 Å². The van der Waals surface area contributed by atoms with Crippen molar-refractivity contribution < 1.29 is 23.9 Å². The second-order valence-corrected chi connectivity index (χ2v) is 8.21. The third-order valence-corrected chi connectivity index (χ3v) is 6.50. The van der Waals surface area contributed by atoms with Crippen molar-refractivity contribution in [2.24, 2.45) is 0 Å². The zero-order chi connectivity index (χ0) is 22.7. The first-order valence-electron chi connectivity index (χ1n) is 10.0. The number of carbonyl (C=O) groups is 3. The standard InChI is InChI=1S/C23H26N2O5S/c1-6-7-12-25-16-11-9-8-10-15(16)13(2)18(25)20(26)24-21-17(22(27)29-4)14(3)19(31-21)23(28)30-5/h8-11H,6-7,12H2,1-5H3,(H,24,26). The number of amides is 1. The smallest absolute Gasteiger partial charge is 0.348 e. The van der Waals surface area contributed by atoms with E-state index in [2.05, 4.69) is 12.2 Å². The molecule has 0 aliphatic carbocycles. The topological polar surface area (TPSA) is 86.6 Å². The van der Waals surface area contributed by atoms with Crippen LogP contribution in [-0.2, 0) is 16.0 Å². The Morgan fingerprint density at radius 2 is 1.71 bits per heavy atom. The Morgan fingerprint density at radius 3 is 2.35 bits per heavy atom. The SMILES string of the molecule is CCCCn1c(C(=O)Nc2sc(C(=O)OC)c(C)c2C(=O)OC)c(C)c2ccccc21. The zero-order valence-corrected chi connectivity index (χ0v) is 19.1. The van der Waals surface area contributed by atoms with Gasteiger partial charge in [-0.25, -0.2) is 9.59 Å². The second-order valence-electron chi connectivity index (χ2n) is 7.19. The number of carbonyl (C=O) groups excluding carboxylic acids is 3. The number of hydrogen-bond acceptors (Lipinski definition) is 6. The Kier molecular flexibility index (Phi) is 6.80. The quantitative estimate of drug-likeness (QED) is 0.524. The van der Waals surface area contributed by atoms with Gasteiger partial charge in [0.15, 0.2) is 0 Å². The predicted molar refractivity (Wildman–Crippen MR) is 121 cm³/mol. The monoisotopic (exact) mass is 442 g/mol. The molecule has 0 fully saturated rings. The van der Waals surface area contributed by atoms with E-state index in [0.717, 1.165) is 40.6 Å². The van der Waals surface area contributed by atoms with Crippen LogP contribution in [0.3, 0.4) is 0 Å². The summed E-state index contributed by atoms with van der Waals surface area (Å²) in [6.07, 6.45) is 1.92. The van der Waals surface area contributed by atoms with E-state index < -0.39 is 11.9 Å². The van der Waals surface area contributed by atoms with Gasteiger partial charge in [0.05, 0.1) is 19.8 Å². The molecule has 164 valence electrons. The summed E-state index contributed by atoms with van der Waals surface area (Å²) in [6, 6.07) is 7.89. The van der Waals surface area contributed by atoms with Gasteiger partial charge in [-0.05, 0) is 37.5 Å². The molecule has 3 rings (SSSR count). The first kappa shape index (κ1) is 22.6. The van der Waals surface area contributed by atoms with Crippen LogP contribution in [0.5, 0.6) is 0 Å². The molecule has 1 N–H and O–H groups in total. The van der Waals surface area contributed by atoms with Gasteiger partial charge < -0.3 is 19.4 Å². The molecule has 3 aromatic rings. The molecule has 0 radical (unpaired) electrons. The minimum absolute atomic E-state index is 0.162. The fourth-order valence-electron chi connectivity index (χ4n) is 3.72. The van der Waals surface area contributed by atoms with Crippen molar-refractivity contribution >= 4 is 45.1 Å². The van der Waals surface area contributed by atoms with Crippen LogP contribution in [0.2, 0.25) is 0 Å². The van der Waals surface area contributed by atoms with Crippen LogP contribution in [0.1, 0.15) is 61.4 Å². The summed E-state index contributed by atoms with van der Waals surface area (Å²) >= 11 is 1.01. The predicted octanol–water partition coefficient (Wildman–Crippen LogP) is 4.95. The van der Waals surface area contributed by atoms with Crippen LogP contribution in [0.25, 0.3) is 10.9 Å². The van der Waals surface area contributed by atoms with Gasteiger partial charge in [0.2, 0.25) is 0 Å². The van der Waals surface area contributed by atoms with E-state index in [1.807, 2.05) is 35.8 Å². The van der Waals surface area contributed by atoms with E-state index in [1.54, 1.807) is 6.92 Å². The van der Waals surface area contributed by atoms with Gasteiger partial charge >= 0.3 is 11.9 Å². The normalized spacial score (nSPS) is 10.9. The highest BCUT2D eigenvalue weighted by atomic mass is 32.1. The highest BCUT2D eigenvalue weighted by molar-refractivity contribution is 7.18. The zero-order valence-electron chi connectivity index (χ0n) is 18.3. The van der Waals surface area contributed by atoms with Crippen LogP contribution < -0.4 is 5.32 Å². The summed E-state index contributed by atoms with van der Waals surface area (Å²) in [5.74, 6) is -1.53. The molecular formula is C23H26N2O5S. The number of nitrogens with zero attached hydrogens (tertiary/aromatic N) is 1. The second kappa shape index (κ2) is 9.34. The minimum atomic E-state index is -0.623. The molecule has 0 aliphatic heterocycles. The van der Waals surface area contributed by atoms with Crippen LogP contribution in [0, 0.1) is 13.8 Å². The first-order chi connectivity index (χ1) is 14.8. The number of thiophene rings is 1. The summed E-state index contributed by atoms with van der Waals surface area (Å²) in [7, 11) is 2.53. The van der Waals surface area contributed by atoms with Gasteiger partial charge in [-0.1, -0.05) is 31.5 Å².